The first-order valence-electron chi connectivity index (χ1n) is 9.14. The first-order chi connectivity index (χ1) is 13.2. The summed E-state index contributed by atoms with van der Waals surface area (Å²) < 4.78 is 41.2. The van der Waals surface area contributed by atoms with E-state index in [-0.39, 0.29) is 12.3 Å². The lowest BCUT2D eigenvalue weighted by molar-refractivity contribution is -0.138. The minimum Gasteiger partial charge on any atom is -0.481 e. The predicted molar refractivity (Wildman–Crippen MR) is 103 cm³/mol. The molecule has 3 rings (SSSR count). The Morgan fingerprint density at radius 3 is 2.75 bits per heavy atom. The Bertz CT molecular complexity index is 854. The molecule has 0 amide bonds. The van der Waals surface area contributed by atoms with Crippen LogP contribution in [-0.2, 0) is 17.4 Å². The zero-order chi connectivity index (χ0) is 20.3. The molecule has 1 heterocycles. The molecule has 0 bridgehead atoms. The van der Waals surface area contributed by atoms with Gasteiger partial charge in [-0.1, -0.05) is 24.3 Å². The van der Waals surface area contributed by atoms with E-state index < -0.39 is 17.7 Å². The molecule has 150 valence electrons. The summed E-state index contributed by atoms with van der Waals surface area (Å²) in [6.07, 6.45) is -2.59. The van der Waals surface area contributed by atoms with Crippen molar-refractivity contribution < 1.29 is 23.1 Å². The third-order valence-electron chi connectivity index (χ3n) is 4.97. The Labute approximate surface area is 166 Å². The van der Waals surface area contributed by atoms with E-state index in [1.54, 1.807) is 18.0 Å². The van der Waals surface area contributed by atoms with Crippen LogP contribution < -0.4 is 0 Å². The fourth-order valence-corrected chi connectivity index (χ4v) is 4.57. The average molecular weight is 409 g/mol. The van der Waals surface area contributed by atoms with Crippen LogP contribution in [0.5, 0.6) is 0 Å². The number of hydrogen-bond acceptors (Lipinski definition) is 3. The molecule has 1 aliphatic heterocycles. The Kier molecular flexibility index (Phi) is 6.35. The van der Waals surface area contributed by atoms with Gasteiger partial charge in [0, 0.05) is 18.0 Å². The molecule has 1 aliphatic rings. The van der Waals surface area contributed by atoms with Crippen molar-refractivity contribution in [2.24, 2.45) is 0 Å². The van der Waals surface area contributed by atoms with Gasteiger partial charge in [0.05, 0.1) is 12.0 Å². The van der Waals surface area contributed by atoms with Gasteiger partial charge in [-0.3, -0.25) is 4.79 Å². The van der Waals surface area contributed by atoms with Crippen molar-refractivity contribution in [3.8, 4) is 0 Å². The number of aliphatic carboxylic acids is 1. The second-order valence-electron chi connectivity index (χ2n) is 7.10. The van der Waals surface area contributed by atoms with Crippen LogP contribution in [0.25, 0.3) is 0 Å². The largest absolute Gasteiger partial charge is 0.481 e. The van der Waals surface area contributed by atoms with Crippen LogP contribution in [0.4, 0.5) is 13.2 Å². The number of carboxylic acid groups (broad SMARTS) is 1. The summed E-state index contributed by atoms with van der Waals surface area (Å²) in [7, 11) is 0. The number of benzene rings is 2. The maximum absolute atomic E-state index is 13.0. The van der Waals surface area contributed by atoms with Crippen molar-refractivity contribution >= 4 is 17.9 Å². The molecule has 0 saturated carbocycles. The van der Waals surface area contributed by atoms with Crippen molar-refractivity contribution in [2.75, 3.05) is 13.1 Å². The minimum absolute atomic E-state index is 0.0207. The fraction of sp³-hybridized carbons (Fsp3) is 0.381. The molecule has 0 radical (unpaired) electrons. The molecule has 2 aromatic carbocycles. The van der Waals surface area contributed by atoms with Gasteiger partial charge in [0.15, 0.2) is 0 Å². The number of aryl methyl sites for hydroxylation is 1. The van der Waals surface area contributed by atoms with Crippen molar-refractivity contribution in [3.63, 3.8) is 0 Å². The summed E-state index contributed by atoms with van der Waals surface area (Å²) in [6, 6.07) is 11.4. The van der Waals surface area contributed by atoms with E-state index in [4.69, 9.17) is 5.11 Å². The van der Waals surface area contributed by atoms with Crippen LogP contribution in [0.2, 0.25) is 0 Å². The van der Waals surface area contributed by atoms with E-state index in [0.717, 1.165) is 47.0 Å². The maximum atomic E-state index is 13.0. The van der Waals surface area contributed by atoms with Crippen molar-refractivity contribution in [2.45, 2.75) is 43.2 Å². The summed E-state index contributed by atoms with van der Waals surface area (Å²) in [5, 5.41) is 9.05. The quantitative estimate of drug-likeness (QED) is 0.660. The first kappa shape index (κ1) is 20.7. The third kappa shape index (κ3) is 5.29. The topological polar surface area (TPSA) is 40.5 Å². The Hall–Kier alpha value is -1.99. The maximum Gasteiger partial charge on any atom is 0.416 e. The smallest absolute Gasteiger partial charge is 0.416 e. The van der Waals surface area contributed by atoms with Crippen LogP contribution in [0, 0.1) is 6.92 Å². The number of rotatable bonds is 5. The second kappa shape index (κ2) is 8.57. The molecule has 2 aromatic rings. The highest BCUT2D eigenvalue weighted by Crippen LogP contribution is 2.36. The first-order valence-corrected chi connectivity index (χ1v) is 9.91. The van der Waals surface area contributed by atoms with Crippen LogP contribution in [-0.4, -0.2) is 28.5 Å². The Morgan fingerprint density at radius 2 is 2.04 bits per heavy atom. The molecule has 0 spiro atoms. The van der Waals surface area contributed by atoms with Gasteiger partial charge in [-0.15, -0.1) is 0 Å². The number of alkyl halides is 3. The number of halogens is 3. The van der Waals surface area contributed by atoms with E-state index in [2.05, 4.69) is 4.31 Å². The van der Waals surface area contributed by atoms with E-state index in [1.165, 1.54) is 12.1 Å². The van der Waals surface area contributed by atoms with Crippen molar-refractivity contribution in [1.29, 1.82) is 0 Å². The normalized spacial score (nSPS) is 18.2. The summed E-state index contributed by atoms with van der Waals surface area (Å²) in [4.78, 5) is 12.0. The molecule has 1 fully saturated rings. The molecule has 1 unspecified atom stereocenters. The van der Waals surface area contributed by atoms with Gasteiger partial charge in [0.2, 0.25) is 0 Å². The fourth-order valence-electron chi connectivity index (χ4n) is 3.47. The molecule has 28 heavy (non-hydrogen) atoms. The number of carbonyl (C=O) groups is 1. The molecule has 7 heteroatoms. The van der Waals surface area contributed by atoms with Crippen LogP contribution >= 0.6 is 11.9 Å². The SMILES string of the molecule is Cc1ccc(SN2CCCC(c3cccc(C(F)(F)F)c3)C2)cc1CC(=O)O. The summed E-state index contributed by atoms with van der Waals surface area (Å²) in [5.74, 6) is -0.819. The molecule has 1 N–H and O–H groups in total. The van der Waals surface area contributed by atoms with Gasteiger partial charge in [0.1, 0.15) is 0 Å². The lowest BCUT2D eigenvalue weighted by atomic mass is 9.90. The Morgan fingerprint density at radius 1 is 1.25 bits per heavy atom. The minimum atomic E-state index is -4.33. The molecular weight excluding hydrogens is 387 g/mol. The van der Waals surface area contributed by atoms with E-state index >= 15 is 0 Å². The molecule has 3 nitrogen and oxygen atoms in total. The molecule has 1 saturated heterocycles. The summed E-state index contributed by atoms with van der Waals surface area (Å²) in [6.45, 7) is 3.40. The lowest BCUT2D eigenvalue weighted by Crippen LogP contribution is -2.29. The van der Waals surface area contributed by atoms with E-state index in [9.17, 15) is 18.0 Å². The van der Waals surface area contributed by atoms with Crippen LogP contribution in [0.3, 0.4) is 0 Å². The van der Waals surface area contributed by atoms with Gasteiger partial charge in [-0.25, -0.2) is 4.31 Å². The number of nitrogens with zero attached hydrogens (tertiary/aromatic N) is 1. The highest BCUT2D eigenvalue weighted by Gasteiger charge is 2.31. The lowest BCUT2D eigenvalue weighted by Gasteiger charge is -2.32. The van der Waals surface area contributed by atoms with Gasteiger partial charge in [-0.2, -0.15) is 13.2 Å². The summed E-state index contributed by atoms with van der Waals surface area (Å²) in [5.41, 5.74) is 1.83. The zero-order valence-corrected chi connectivity index (χ0v) is 16.3. The zero-order valence-electron chi connectivity index (χ0n) is 15.5. The molecule has 0 aliphatic carbocycles. The van der Waals surface area contributed by atoms with Crippen molar-refractivity contribution in [1.82, 2.24) is 4.31 Å². The molecular formula is C21H22F3NO2S. The number of hydrogen-bond donors (Lipinski definition) is 1. The van der Waals surface area contributed by atoms with E-state index in [1.807, 2.05) is 25.1 Å². The monoisotopic (exact) mass is 409 g/mol. The second-order valence-corrected chi connectivity index (χ2v) is 8.27. The number of piperidine rings is 1. The third-order valence-corrected chi connectivity index (χ3v) is 6.02. The van der Waals surface area contributed by atoms with Crippen molar-refractivity contribution in [3.05, 3.63) is 64.7 Å². The van der Waals surface area contributed by atoms with Crippen LogP contribution in [0.1, 0.15) is 41.0 Å². The average Bonchev–Trinajstić information content (AvgIpc) is 2.64. The highest BCUT2D eigenvalue weighted by molar-refractivity contribution is 7.97. The number of carboxylic acids is 1. The highest BCUT2D eigenvalue weighted by atomic mass is 32.2. The summed E-state index contributed by atoms with van der Waals surface area (Å²) >= 11 is 1.54. The van der Waals surface area contributed by atoms with Gasteiger partial charge in [0.25, 0.3) is 0 Å². The van der Waals surface area contributed by atoms with Gasteiger partial charge in [-0.05, 0) is 72.5 Å². The van der Waals surface area contributed by atoms with Gasteiger partial charge >= 0.3 is 12.1 Å². The van der Waals surface area contributed by atoms with Gasteiger partial charge < -0.3 is 5.11 Å². The molecule has 0 aromatic heterocycles. The molecule has 1 atom stereocenters. The predicted octanol–water partition coefficient (Wildman–Crippen LogP) is 5.53. The van der Waals surface area contributed by atoms with Crippen LogP contribution in [0.15, 0.2) is 47.4 Å². The van der Waals surface area contributed by atoms with E-state index in [0.29, 0.717) is 6.54 Å². The Balaban J connectivity index is 1.71. The standard InChI is InChI=1S/C21H22F3NO2S/c1-14-7-8-19(11-17(14)12-20(26)27)28-25-9-3-5-16(13-25)15-4-2-6-18(10-15)21(22,23)24/h2,4,6-8,10-11,16H,3,5,9,12-13H2,1H3,(H,26,27).